The summed E-state index contributed by atoms with van der Waals surface area (Å²) in [6.07, 6.45) is 0.460. The summed E-state index contributed by atoms with van der Waals surface area (Å²) in [6.45, 7) is 0.421. The van der Waals surface area contributed by atoms with Crippen LogP contribution in [0.3, 0.4) is 0 Å². The van der Waals surface area contributed by atoms with Gasteiger partial charge in [-0.2, -0.15) is 0 Å². The number of ether oxygens (including phenoxy) is 1. The minimum atomic E-state index is -0.410. The molecule has 0 spiro atoms. The average Bonchev–Trinajstić information content (AvgIpc) is 2.24. The van der Waals surface area contributed by atoms with Crippen molar-refractivity contribution in [1.82, 2.24) is 6.15 Å². The molecule has 1 rings (SSSR count). The van der Waals surface area contributed by atoms with E-state index in [1.54, 1.807) is 20.2 Å². The first-order chi connectivity index (χ1) is 7.60. The molecule has 0 radical (unpaired) electrons. The fourth-order valence-corrected chi connectivity index (χ4v) is 1.71. The number of methoxy groups -OCH3 is 1. The first kappa shape index (κ1) is 15.6. The summed E-state index contributed by atoms with van der Waals surface area (Å²) in [5.41, 5.74) is 1.05. The van der Waals surface area contributed by atoms with Crippen molar-refractivity contribution in [3.8, 4) is 0 Å². The molecule has 0 aromatic heterocycles. The molecule has 1 aromatic rings. The van der Waals surface area contributed by atoms with Crippen LogP contribution in [0.25, 0.3) is 0 Å². The highest BCUT2D eigenvalue weighted by atomic mass is 35.5. The Kier molecular flexibility index (Phi) is 6.48. The lowest BCUT2D eigenvalue weighted by atomic mass is 10.1. The lowest BCUT2D eigenvalue weighted by molar-refractivity contribution is -0.384. The number of nitro benzene ring substituents is 1. The molecule has 0 unspecified atom stereocenters. The van der Waals surface area contributed by atoms with Crippen LogP contribution in [0.2, 0.25) is 5.02 Å². The molecule has 6 nitrogen and oxygen atoms in total. The molecular formula is C10H16ClN3O3. The van der Waals surface area contributed by atoms with Crippen LogP contribution in [0.4, 0.5) is 11.4 Å². The third-order valence-corrected chi connectivity index (χ3v) is 2.40. The highest BCUT2D eigenvalue weighted by molar-refractivity contribution is 6.31. The van der Waals surface area contributed by atoms with Gasteiger partial charge < -0.3 is 16.2 Å². The van der Waals surface area contributed by atoms with Gasteiger partial charge in [0.1, 0.15) is 5.69 Å². The van der Waals surface area contributed by atoms with E-state index in [0.29, 0.717) is 29.3 Å². The van der Waals surface area contributed by atoms with E-state index in [9.17, 15) is 10.1 Å². The molecule has 0 heterocycles. The number of rotatable bonds is 5. The molecule has 96 valence electrons. The van der Waals surface area contributed by atoms with E-state index in [1.165, 1.54) is 6.07 Å². The van der Waals surface area contributed by atoms with Crippen molar-refractivity contribution < 1.29 is 9.66 Å². The second-order valence-corrected chi connectivity index (χ2v) is 3.65. The molecule has 17 heavy (non-hydrogen) atoms. The zero-order valence-corrected chi connectivity index (χ0v) is 10.6. The fourth-order valence-electron chi connectivity index (χ4n) is 1.46. The van der Waals surface area contributed by atoms with Gasteiger partial charge in [-0.25, -0.2) is 0 Å². The summed E-state index contributed by atoms with van der Waals surface area (Å²) in [5, 5.41) is 14.2. The standard InChI is InChI=1S/C10H13ClN2O3.H3N/c1-12-9-6-8(11)5-7(3-4-16-2)10(9)13(14)15;/h5-6,12H,3-4H2,1-2H3;1H3. The van der Waals surface area contributed by atoms with Gasteiger partial charge in [0.15, 0.2) is 0 Å². The summed E-state index contributed by atoms with van der Waals surface area (Å²) in [5.74, 6) is 0. The van der Waals surface area contributed by atoms with Crippen molar-refractivity contribution in [3.63, 3.8) is 0 Å². The van der Waals surface area contributed by atoms with Gasteiger partial charge in [0.2, 0.25) is 0 Å². The minimum Gasteiger partial charge on any atom is -0.384 e. The highest BCUT2D eigenvalue weighted by Crippen LogP contribution is 2.32. The third-order valence-electron chi connectivity index (χ3n) is 2.18. The third kappa shape index (κ3) is 3.85. The van der Waals surface area contributed by atoms with E-state index in [2.05, 4.69) is 5.32 Å². The summed E-state index contributed by atoms with van der Waals surface area (Å²) < 4.78 is 4.91. The number of halogens is 1. The Labute approximate surface area is 105 Å². The van der Waals surface area contributed by atoms with Gasteiger partial charge in [-0.15, -0.1) is 0 Å². The van der Waals surface area contributed by atoms with Crippen LogP contribution in [-0.2, 0) is 11.2 Å². The predicted molar refractivity (Wildman–Crippen MR) is 68.3 cm³/mol. The van der Waals surface area contributed by atoms with Crippen LogP contribution in [0.15, 0.2) is 12.1 Å². The maximum absolute atomic E-state index is 11.0. The van der Waals surface area contributed by atoms with Gasteiger partial charge in [-0.1, -0.05) is 11.6 Å². The molecule has 0 fully saturated rings. The number of nitrogens with one attached hydrogen (secondary N) is 1. The molecule has 0 aliphatic rings. The highest BCUT2D eigenvalue weighted by Gasteiger charge is 2.19. The van der Waals surface area contributed by atoms with E-state index in [1.807, 2.05) is 0 Å². The van der Waals surface area contributed by atoms with Crippen LogP contribution < -0.4 is 11.5 Å². The molecule has 7 heteroatoms. The molecule has 0 saturated carbocycles. The van der Waals surface area contributed by atoms with Gasteiger partial charge >= 0.3 is 0 Å². The molecule has 0 aliphatic heterocycles. The largest absolute Gasteiger partial charge is 0.384 e. The van der Waals surface area contributed by atoms with Crippen molar-refractivity contribution in [3.05, 3.63) is 32.8 Å². The lowest BCUT2D eigenvalue weighted by Crippen LogP contribution is -2.03. The Morgan fingerprint density at radius 3 is 2.65 bits per heavy atom. The Morgan fingerprint density at radius 2 is 2.18 bits per heavy atom. The van der Waals surface area contributed by atoms with E-state index < -0.39 is 4.92 Å². The minimum absolute atomic E-state index is 0. The van der Waals surface area contributed by atoms with Crippen molar-refractivity contribution >= 4 is 23.0 Å². The Balaban J connectivity index is 0.00000256. The van der Waals surface area contributed by atoms with Crippen LogP contribution in [0, 0.1) is 10.1 Å². The van der Waals surface area contributed by atoms with Gasteiger partial charge in [-0.3, -0.25) is 10.1 Å². The van der Waals surface area contributed by atoms with Crippen LogP contribution in [-0.4, -0.2) is 25.7 Å². The van der Waals surface area contributed by atoms with Crippen LogP contribution in [0.5, 0.6) is 0 Å². The second-order valence-electron chi connectivity index (χ2n) is 3.21. The Morgan fingerprint density at radius 1 is 1.53 bits per heavy atom. The van der Waals surface area contributed by atoms with E-state index in [0.717, 1.165) is 0 Å². The first-order valence-corrected chi connectivity index (χ1v) is 5.11. The normalized spacial score (nSPS) is 9.59. The molecule has 0 atom stereocenters. The van der Waals surface area contributed by atoms with Crippen molar-refractivity contribution in [2.45, 2.75) is 6.42 Å². The summed E-state index contributed by atoms with van der Waals surface area (Å²) in [4.78, 5) is 10.5. The number of nitrogens with zero attached hydrogens (tertiary/aromatic N) is 1. The summed E-state index contributed by atoms with van der Waals surface area (Å²) in [6, 6.07) is 3.13. The molecule has 0 saturated heterocycles. The van der Waals surface area contributed by atoms with E-state index in [-0.39, 0.29) is 11.8 Å². The fraction of sp³-hybridized carbons (Fsp3) is 0.400. The van der Waals surface area contributed by atoms with E-state index >= 15 is 0 Å². The number of anilines is 1. The molecular weight excluding hydrogens is 246 g/mol. The number of hydrogen-bond donors (Lipinski definition) is 2. The Hall–Kier alpha value is -1.37. The molecule has 1 aromatic carbocycles. The SMILES string of the molecule is CNc1cc(Cl)cc(CCOC)c1[N+](=O)[O-].N. The molecule has 0 amide bonds. The van der Waals surface area contributed by atoms with Gasteiger partial charge in [0.05, 0.1) is 11.5 Å². The van der Waals surface area contributed by atoms with Gasteiger partial charge in [0, 0.05) is 31.2 Å². The first-order valence-electron chi connectivity index (χ1n) is 4.73. The lowest BCUT2D eigenvalue weighted by Gasteiger charge is -2.08. The smallest absolute Gasteiger partial charge is 0.295 e. The number of hydrogen-bond acceptors (Lipinski definition) is 5. The zero-order chi connectivity index (χ0) is 12.1. The topological polar surface area (TPSA) is 99.4 Å². The average molecular weight is 262 g/mol. The predicted octanol–water partition coefficient (Wildman–Crippen LogP) is 2.64. The van der Waals surface area contributed by atoms with E-state index in [4.69, 9.17) is 16.3 Å². The number of nitro groups is 1. The Bertz CT molecular complexity index is 399. The van der Waals surface area contributed by atoms with Crippen LogP contribution in [0.1, 0.15) is 5.56 Å². The van der Waals surface area contributed by atoms with Crippen molar-refractivity contribution in [1.29, 1.82) is 0 Å². The van der Waals surface area contributed by atoms with Gasteiger partial charge in [-0.05, 0) is 12.1 Å². The van der Waals surface area contributed by atoms with Crippen LogP contribution >= 0.6 is 11.6 Å². The maximum atomic E-state index is 11.0. The van der Waals surface area contributed by atoms with Gasteiger partial charge in [0.25, 0.3) is 5.69 Å². The van der Waals surface area contributed by atoms with Crippen molar-refractivity contribution in [2.24, 2.45) is 0 Å². The maximum Gasteiger partial charge on any atom is 0.295 e. The molecule has 4 N–H and O–H groups in total. The zero-order valence-electron chi connectivity index (χ0n) is 9.83. The van der Waals surface area contributed by atoms with Crippen molar-refractivity contribution in [2.75, 3.05) is 26.1 Å². The second kappa shape index (κ2) is 7.05. The molecule has 0 aliphatic carbocycles. The monoisotopic (exact) mass is 261 g/mol. The molecule has 0 bridgehead atoms. The quantitative estimate of drug-likeness (QED) is 0.627. The summed E-state index contributed by atoms with van der Waals surface area (Å²) >= 11 is 5.88. The summed E-state index contributed by atoms with van der Waals surface area (Å²) in [7, 11) is 3.17. The number of benzene rings is 1.